The van der Waals surface area contributed by atoms with Gasteiger partial charge < -0.3 is 18.0 Å². The number of amides is 1. The Kier molecular flexibility index (Phi) is 7.88. The van der Waals surface area contributed by atoms with Crippen molar-refractivity contribution in [3.63, 3.8) is 0 Å². The molecule has 2 aliphatic heterocycles. The fourth-order valence-corrected chi connectivity index (χ4v) is 11.4. The lowest BCUT2D eigenvalue weighted by Crippen LogP contribution is -2.66. The normalized spacial score (nSPS) is 26.6. The monoisotopic (exact) mass is 553 g/mol. The van der Waals surface area contributed by atoms with Crippen molar-refractivity contribution >= 4 is 28.6 Å². The highest BCUT2D eigenvalue weighted by Crippen LogP contribution is 2.56. The molecule has 37 heavy (non-hydrogen) atoms. The average Bonchev–Trinajstić information content (AvgIpc) is 3.07. The molecule has 1 aromatic rings. The lowest BCUT2D eigenvalue weighted by Gasteiger charge is -2.54. The molecule has 1 amide bonds. The van der Waals surface area contributed by atoms with E-state index in [4.69, 9.17) is 18.0 Å². The standard InChI is InChI=1S/C26H47N3O6Si2/c1-17(30)28(11)19-14-15-29(23(31)27-19)22-21(34-36(12,13)24(2,3)4)20-18(33-22)16-32-37(35-20,25(5,6)7)26(8,9)10/h14-15,18,20-22H,16H2,1-13H3/t18-,20-,21-,22-/m1/s1. The summed E-state index contributed by atoms with van der Waals surface area (Å²) in [5, 5.41) is -0.457. The van der Waals surface area contributed by atoms with Crippen LogP contribution in [0, 0.1) is 0 Å². The summed E-state index contributed by atoms with van der Waals surface area (Å²) in [5.41, 5.74) is -0.505. The lowest BCUT2D eigenvalue weighted by atomic mass is 10.1. The number of hydrogen-bond donors (Lipinski definition) is 0. The van der Waals surface area contributed by atoms with E-state index in [2.05, 4.69) is 80.4 Å². The van der Waals surface area contributed by atoms with Crippen molar-refractivity contribution in [1.29, 1.82) is 0 Å². The van der Waals surface area contributed by atoms with Crippen LogP contribution in [-0.2, 0) is 22.8 Å². The van der Waals surface area contributed by atoms with Crippen LogP contribution in [0.4, 0.5) is 5.82 Å². The first-order valence-electron chi connectivity index (χ1n) is 13.1. The highest BCUT2D eigenvalue weighted by atomic mass is 28.4. The number of carbonyl (C=O) groups excluding carboxylic acids is 1. The number of anilines is 1. The number of hydrogen-bond acceptors (Lipinski definition) is 7. The third-order valence-corrected chi connectivity index (χ3v) is 17.8. The van der Waals surface area contributed by atoms with Gasteiger partial charge in [-0.15, -0.1) is 0 Å². The molecule has 0 radical (unpaired) electrons. The van der Waals surface area contributed by atoms with E-state index in [9.17, 15) is 9.59 Å². The summed E-state index contributed by atoms with van der Waals surface area (Å²) in [6.45, 7) is 25.9. The molecule has 2 aliphatic rings. The summed E-state index contributed by atoms with van der Waals surface area (Å²) >= 11 is 0. The molecular weight excluding hydrogens is 506 g/mol. The largest absolute Gasteiger partial charge is 0.407 e. The van der Waals surface area contributed by atoms with Crippen molar-refractivity contribution in [2.24, 2.45) is 0 Å². The van der Waals surface area contributed by atoms with Crippen molar-refractivity contribution in [2.75, 3.05) is 18.6 Å². The minimum Gasteiger partial charge on any atom is -0.407 e. The molecule has 3 heterocycles. The van der Waals surface area contributed by atoms with Gasteiger partial charge in [0.25, 0.3) is 0 Å². The van der Waals surface area contributed by atoms with E-state index >= 15 is 0 Å². The number of rotatable bonds is 4. The molecule has 4 atom stereocenters. The highest BCUT2D eigenvalue weighted by molar-refractivity contribution is 6.74. The van der Waals surface area contributed by atoms with E-state index in [0.29, 0.717) is 6.61 Å². The number of fused-ring (bicyclic) bond motifs is 1. The maximum absolute atomic E-state index is 13.2. The summed E-state index contributed by atoms with van der Waals surface area (Å²) < 4.78 is 28.7. The minimum absolute atomic E-state index is 0.0549. The summed E-state index contributed by atoms with van der Waals surface area (Å²) in [4.78, 5) is 30.6. The van der Waals surface area contributed by atoms with Gasteiger partial charge in [-0.2, -0.15) is 4.98 Å². The molecule has 0 aromatic carbocycles. The van der Waals surface area contributed by atoms with Gasteiger partial charge in [0.1, 0.15) is 24.1 Å². The Morgan fingerprint density at radius 1 is 1.14 bits per heavy atom. The predicted molar refractivity (Wildman–Crippen MR) is 150 cm³/mol. The SMILES string of the molecule is CC(=O)N(C)c1ccn([C@@H]2O[C@@H]3CO[Si](C(C)(C)C)(C(C)(C)C)O[C@H]3[C@H]2O[Si](C)(C)C(C)(C)C)c(=O)n1. The van der Waals surface area contributed by atoms with Gasteiger partial charge in [-0.1, -0.05) is 62.3 Å². The van der Waals surface area contributed by atoms with Gasteiger partial charge in [-0.3, -0.25) is 14.3 Å². The first-order valence-corrected chi connectivity index (χ1v) is 17.8. The number of aromatic nitrogens is 2. The quantitative estimate of drug-likeness (QED) is 0.486. The van der Waals surface area contributed by atoms with Crippen LogP contribution in [0.1, 0.15) is 75.5 Å². The lowest BCUT2D eigenvalue weighted by molar-refractivity contribution is -0.116. The molecule has 11 heteroatoms. The van der Waals surface area contributed by atoms with Gasteiger partial charge in [0.05, 0.1) is 6.61 Å². The van der Waals surface area contributed by atoms with E-state index in [1.54, 1.807) is 19.3 Å². The van der Waals surface area contributed by atoms with Crippen LogP contribution in [-0.4, -0.2) is 64.3 Å². The molecule has 3 rings (SSSR count). The van der Waals surface area contributed by atoms with Gasteiger partial charge >= 0.3 is 14.3 Å². The summed E-state index contributed by atoms with van der Waals surface area (Å²) in [7, 11) is -3.51. The second-order valence-electron chi connectivity index (χ2n) is 14.0. The molecule has 0 bridgehead atoms. The van der Waals surface area contributed by atoms with E-state index < -0.39 is 34.9 Å². The first kappa shape index (κ1) is 30.2. The molecule has 0 unspecified atom stereocenters. The number of nitrogens with zero attached hydrogens (tertiary/aromatic N) is 3. The van der Waals surface area contributed by atoms with E-state index in [1.807, 2.05) is 0 Å². The van der Waals surface area contributed by atoms with E-state index in [-0.39, 0.29) is 39.0 Å². The Balaban J connectivity index is 2.10. The third kappa shape index (κ3) is 5.40. The van der Waals surface area contributed by atoms with Gasteiger partial charge in [0, 0.05) is 30.2 Å². The molecule has 0 saturated carbocycles. The van der Waals surface area contributed by atoms with Crippen molar-refractivity contribution in [3.8, 4) is 0 Å². The average molecular weight is 554 g/mol. The third-order valence-electron chi connectivity index (χ3n) is 8.16. The smallest absolute Gasteiger partial charge is 0.351 e. The Morgan fingerprint density at radius 3 is 2.16 bits per heavy atom. The van der Waals surface area contributed by atoms with Crippen LogP contribution in [0.15, 0.2) is 17.1 Å². The fraction of sp³-hybridized carbons (Fsp3) is 0.808. The Labute approximate surface area is 224 Å². The second-order valence-corrected chi connectivity index (χ2v) is 23.5. The first-order chi connectivity index (χ1) is 16.6. The highest BCUT2D eigenvalue weighted by Gasteiger charge is 2.65. The summed E-state index contributed by atoms with van der Waals surface area (Å²) in [5.74, 6) is 0.0839. The molecule has 210 valence electrons. The van der Waals surface area contributed by atoms with Gasteiger partial charge in [-0.25, -0.2) is 4.79 Å². The van der Waals surface area contributed by atoms with Crippen LogP contribution in [0.5, 0.6) is 0 Å². The van der Waals surface area contributed by atoms with Crippen LogP contribution >= 0.6 is 0 Å². The van der Waals surface area contributed by atoms with Crippen LogP contribution in [0.3, 0.4) is 0 Å². The topological polar surface area (TPSA) is 92.1 Å². The van der Waals surface area contributed by atoms with E-state index in [0.717, 1.165) is 0 Å². The van der Waals surface area contributed by atoms with Crippen molar-refractivity contribution in [3.05, 3.63) is 22.7 Å². The van der Waals surface area contributed by atoms with Crippen molar-refractivity contribution in [1.82, 2.24) is 9.55 Å². The van der Waals surface area contributed by atoms with Crippen molar-refractivity contribution < 1.29 is 22.8 Å². The molecule has 0 N–H and O–H groups in total. The minimum atomic E-state index is -2.81. The van der Waals surface area contributed by atoms with E-state index in [1.165, 1.54) is 16.4 Å². The maximum Gasteiger partial charge on any atom is 0.351 e. The molecular formula is C26H47N3O6Si2. The second kappa shape index (κ2) is 9.67. The van der Waals surface area contributed by atoms with Crippen LogP contribution in [0.25, 0.3) is 0 Å². The Hall–Kier alpha value is -1.38. The zero-order valence-electron chi connectivity index (χ0n) is 25.0. The molecule has 0 spiro atoms. The zero-order valence-corrected chi connectivity index (χ0v) is 27.0. The Bertz CT molecular complexity index is 1060. The van der Waals surface area contributed by atoms with Crippen LogP contribution in [0.2, 0.25) is 28.2 Å². The molecule has 2 saturated heterocycles. The van der Waals surface area contributed by atoms with Crippen LogP contribution < -0.4 is 10.6 Å². The summed E-state index contributed by atoms with van der Waals surface area (Å²) in [6, 6.07) is 1.65. The number of ether oxygens (including phenoxy) is 1. The molecule has 1 aromatic heterocycles. The summed E-state index contributed by atoms with van der Waals surface area (Å²) in [6.07, 6.45) is -0.370. The maximum atomic E-state index is 13.2. The van der Waals surface area contributed by atoms with Gasteiger partial charge in [0.2, 0.25) is 5.91 Å². The molecule has 9 nitrogen and oxygen atoms in total. The Morgan fingerprint density at radius 2 is 1.70 bits per heavy atom. The van der Waals surface area contributed by atoms with Gasteiger partial charge in [0.15, 0.2) is 14.5 Å². The zero-order chi connectivity index (χ0) is 28.4. The van der Waals surface area contributed by atoms with Gasteiger partial charge in [-0.05, 0) is 24.2 Å². The fourth-order valence-electron chi connectivity index (χ4n) is 5.13. The molecule has 2 fully saturated rings. The number of carbonyl (C=O) groups is 1. The predicted octanol–water partition coefficient (Wildman–Crippen LogP) is 4.97. The molecule has 0 aliphatic carbocycles. The van der Waals surface area contributed by atoms with Crippen molar-refractivity contribution in [2.45, 2.75) is 122 Å².